The molecule has 0 aliphatic carbocycles. The maximum Gasteiger partial charge on any atom is 0.333 e. The fourth-order valence-electron chi connectivity index (χ4n) is 2.98. The molecule has 156 valence electrons. The summed E-state index contributed by atoms with van der Waals surface area (Å²) >= 11 is 2.61. The Morgan fingerprint density at radius 2 is 1.74 bits per heavy atom. The number of thiazole rings is 1. The van der Waals surface area contributed by atoms with Gasteiger partial charge in [-0.05, 0) is 29.8 Å². The van der Waals surface area contributed by atoms with Crippen molar-refractivity contribution in [2.24, 2.45) is 0 Å². The first-order chi connectivity index (χ1) is 14.8. The number of urea groups is 1. The summed E-state index contributed by atoms with van der Waals surface area (Å²) in [5.41, 5.74) is 0.696. The van der Waals surface area contributed by atoms with Crippen LogP contribution < -0.4 is 0 Å². The highest BCUT2D eigenvalue weighted by atomic mass is 32.2. The Morgan fingerprint density at radius 3 is 2.39 bits per heavy atom. The number of amides is 4. The molecule has 2 heterocycles. The van der Waals surface area contributed by atoms with Gasteiger partial charge >= 0.3 is 6.03 Å². The Morgan fingerprint density at radius 1 is 1.06 bits per heavy atom. The van der Waals surface area contributed by atoms with Gasteiger partial charge in [0, 0.05) is 20.2 Å². The lowest BCUT2D eigenvalue weighted by atomic mass is 10.1. The number of nitrogens with zero attached hydrogens (tertiary/aromatic N) is 4. The third-order valence-electron chi connectivity index (χ3n) is 4.61. The summed E-state index contributed by atoms with van der Waals surface area (Å²) < 4.78 is 1.64. The van der Waals surface area contributed by atoms with Crippen LogP contribution in [0.3, 0.4) is 0 Å². The van der Waals surface area contributed by atoms with Gasteiger partial charge in [0.15, 0.2) is 4.34 Å². The van der Waals surface area contributed by atoms with Crippen molar-refractivity contribution in [2.45, 2.75) is 9.24 Å². The zero-order valence-corrected chi connectivity index (χ0v) is 17.9. The van der Waals surface area contributed by atoms with Gasteiger partial charge in [0.25, 0.3) is 17.5 Å². The van der Waals surface area contributed by atoms with E-state index in [0.717, 1.165) is 20.0 Å². The molecule has 0 saturated carbocycles. The summed E-state index contributed by atoms with van der Waals surface area (Å²) in [5, 5.41) is 11.7. The van der Waals surface area contributed by atoms with Crippen LogP contribution in [-0.2, 0) is 9.59 Å². The highest BCUT2D eigenvalue weighted by Crippen LogP contribution is 2.39. The van der Waals surface area contributed by atoms with E-state index in [1.165, 1.54) is 49.3 Å². The molecule has 1 aliphatic rings. The fraction of sp³-hybridized carbons (Fsp3) is 0.100. The van der Waals surface area contributed by atoms with Crippen LogP contribution in [0.5, 0.6) is 0 Å². The quantitative estimate of drug-likeness (QED) is 0.255. The molecule has 0 N–H and O–H groups in total. The molecule has 4 rings (SSSR count). The lowest BCUT2D eigenvalue weighted by Gasteiger charge is -2.28. The second-order valence-electron chi connectivity index (χ2n) is 6.60. The SMILES string of the molecule is CN1C(=O)C(=Cc2ccc(Sc3nc4ccccc4s3)c([N+](=O)[O-])c2)C(=O)N(C)C1=O. The molecule has 1 aromatic heterocycles. The van der Waals surface area contributed by atoms with Crippen LogP contribution >= 0.6 is 23.1 Å². The smallest absolute Gasteiger partial charge is 0.268 e. The summed E-state index contributed by atoms with van der Waals surface area (Å²) in [6.45, 7) is 0. The van der Waals surface area contributed by atoms with Crippen LogP contribution in [0.15, 0.2) is 57.3 Å². The maximum atomic E-state index is 12.4. The first-order valence-corrected chi connectivity index (χ1v) is 10.5. The minimum Gasteiger partial charge on any atom is -0.268 e. The highest BCUT2D eigenvalue weighted by molar-refractivity contribution is 8.01. The number of fused-ring (bicyclic) bond motifs is 1. The number of likely N-dealkylation sites (N-methyl/N-ethyl adjacent to an activating group) is 2. The molecule has 0 unspecified atom stereocenters. The lowest BCUT2D eigenvalue weighted by molar-refractivity contribution is -0.387. The number of nitro groups is 1. The largest absolute Gasteiger partial charge is 0.333 e. The summed E-state index contributed by atoms with van der Waals surface area (Å²) in [6.07, 6.45) is 1.25. The molecule has 0 radical (unpaired) electrons. The fourth-order valence-corrected chi connectivity index (χ4v) is 5.09. The van der Waals surface area contributed by atoms with Crippen LogP contribution in [0.1, 0.15) is 5.56 Å². The Balaban J connectivity index is 1.69. The van der Waals surface area contributed by atoms with Crippen LogP contribution in [0, 0.1) is 10.1 Å². The average molecular weight is 454 g/mol. The van der Waals surface area contributed by atoms with E-state index < -0.39 is 22.8 Å². The van der Waals surface area contributed by atoms with E-state index in [1.807, 2.05) is 24.3 Å². The van der Waals surface area contributed by atoms with Gasteiger partial charge < -0.3 is 0 Å². The number of carbonyl (C=O) groups excluding carboxylic acids is 3. The molecule has 1 aliphatic heterocycles. The monoisotopic (exact) mass is 454 g/mol. The van der Waals surface area contributed by atoms with Crippen molar-refractivity contribution in [1.82, 2.24) is 14.8 Å². The standard InChI is InChI=1S/C20H14N4O5S2/c1-22-17(25)12(18(26)23(2)20(22)27)9-11-7-8-16(14(10-11)24(28)29)31-19-21-13-5-3-4-6-15(13)30-19/h3-10H,1-2H3. The molecule has 0 atom stereocenters. The normalized spacial score (nSPS) is 14.5. The van der Waals surface area contributed by atoms with E-state index >= 15 is 0 Å². The van der Waals surface area contributed by atoms with E-state index in [9.17, 15) is 24.5 Å². The van der Waals surface area contributed by atoms with Crippen LogP contribution in [0.2, 0.25) is 0 Å². The maximum absolute atomic E-state index is 12.4. The first kappa shape index (κ1) is 20.7. The molecular weight excluding hydrogens is 440 g/mol. The third kappa shape index (κ3) is 3.80. The van der Waals surface area contributed by atoms with Gasteiger partial charge in [-0.25, -0.2) is 9.78 Å². The zero-order chi connectivity index (χ0) is 22.3. The van der Waals surface area contributed by atoms with Crippen molar-refractivity contribution in [1.29, 1.82) is 0 Å². The van der Waals surface area contributed by atoms with Crippen LogP contribution in [0.4, 0.5) is 10.5 Å². The van der Waals surface area contributed by atoms with Gasteiger partial charge in [-0.1, -0.05) is 30.0 Å². The molecule has 1 saturated heterocycles. The first-order valence-electron chi connectivity index (χ1n) is 8.90. The van der Waals surface area contributed by atoms with E-state index in [-0.39, 0.29) is 11.3 Å². The zero-order valence-electron chi connectivity index (χ0n) is 16.3. The summed E-state index contributed by atoms with van der Waals surface area (Å²) in [6, 6.07) is 11.3. The van der Waals surface area contributed by atoms with E-state index in [4.69, 9.17) is 0 Å². The lowest BCUT2D eigenvalue weighted by Crippen LogP contribution is -2.52. The molecule has 0 spiro atoms. The molecule has 0 bridgehead atoms. The molecule has 9 nitrogen and oxygen atoms in total. The minimum atomic E-state index is -0.760. The number of carbonyl (C=O) groups is 3. The van der Waals surface area contributed by atoms with E-state index in [2.05, 4.69) is 4.98 Å². The average Bonchev–Trinajstić information content (AvgIpc) is 3.17. The van der Waals surface area contributed by atoms with Crippen molar-refractivity contribution in [3.05, 3.63) is 63.7 Å². The van der Waals surface area contributed by atoms with Crippen molar-refractivity contribution in [3.8, 4) is 0 Å². The van der Waals surface area contributed by atoms with Crippen molar-refractivity contribution in [3.63, 3.8) is 0 Å². The summed E-state index contributed by atoms with van der Waals surface area (Å²) in [4.78, 5) is 54.2. The van der Waals surface area contributed by atoms with Crippen molar-refractivity contribution in [2.75, 3.05) is 14.1 Å². The van der Waals surface area contributed by atoms with Gasteiger partial charge in [-0.2, -0.15) is 0 Å². The predicted octanol–water partition coefficient (Wildman–Crippen LogP) is 3.79. The second kappa shape index (κ2) is 7.93. The van der Waals surface area contributed by atoms with Gasteiger partial charge in [0.05, 0.1) is 20.0 Å². The highest BCUT2D eigenvalue weighted by Gasteiger charge is 2.37. The van der Waals surface area contributed by atoms with Crippen LogP contribution in [0.25, 0.3) is 16.3 Å². The van der Waals surface area contributed by atoms with Crippen molar-refractivity contribution < 1.29 is 19.3 Å². The Hall–Kier alpha value is -3.57. The molecule has 2 aromatic carbocycles. The molecule has 4 amide bonds. The number of imide groups is 2. The topological polar surface area (TPSA) is 114 Å². The Bertz CT molecular complexity index is 1240. The number of nitro benzene ring substituents is 1. The van der Waals surface area contributed by atoms with E-state index in [1.54, 1.807) is 12.1 Å². The van der Waals surface area contributed by atoms with Crippen molar-refractivity contribution >= 4 is 62.9 Å². The minimum absolute atomic E-state index is 0.174. The molecule has 11 heteroatoms. The number of hydrogen-bond acceptors (Lipinski definition) is 8. The number of rotatable bonds is 4. The predicted molar refractivity (Wildman–Crippen MR) is 116 cm³/mol. The Labute approximate surface area is 184 Å². The molecule has 3 aromatic rings. The number of para-hydroxylation sites is 1. The number of benzene rings is 2. The molecule has 31 heavy (non-hydrogen) atoms. The van der Waals surface area contributed by atoms with Gasteiger partial charge in [0.2, 0.25) is 0 Å². The Kier molecular flexibility index (Phi) is 5.29. The number of barbiturate groups is 1. The van der Waals surface area contributed by atoms with Crippen LogP contribution in [-0.4, -0.2) is 51.6 Å². The third-order valence-corrected chi connectivity index (χ3v) is 6.77. The number of aromatic nitrogens is 1. The molecule has 1 fully saturated rings. The summed E-state index contributed by atoms with van der Waals surface area (Å²) in [5.74, 6) is -1.52. The van der Waals surface area contributed by atoms with Gasteiger partial charge in [-0.15, -0.1) is 11.3 Å². The molecular formula is C20H14N4O5S2. The summed E-state index contributed by atoms with van der Waals surface area (Å²) in [7, 11) is 2.53. The van der Waals surface area contributed by atoms with Gasteiger partial charge in [0.1, 0.15) is 5.57 Å². The van der Waals surface area contributed by atoms with Gasteiger partial charge in [-0.3, -0.25) is 29.5 Å². The number of hydrogen-bond donors (Lipinski definition) is 0. The second-order valence-corrected chi connectivity index (χ2v) is 8.92. The van der Waals surface area contributed by atoms with E-state index in [0.29, 0.717) is 14.8 Å².